The molecule has 2 saturated heterocycles. The van der Waals surface area contributed by atoms with E-state index in [1.807, 2.05) is 0 Å². The fraction of sp³-hybridized carbons (Fsp3) is 0.981. The molecule has 16 nitrogen and oxygen atoms in total. The SMILES string of the molecule is CCCCCCCCCCCCCCCCCCCCC(O)C(=O)N[C@@H](CO[C@@H]1O[C@H](CO)[C@@H](O[C@@H]2O[C@H](CO)[C@H](O)[C@H](O)[C@H]2O)[C@H](O)[C@H]1O)[C@H](O)[C@H](O)CCCCCCCCCCCCCCC. The van der Waals surface area contributed by atoms with E-state index in [-0.39, 0.29) is 12.8 Å². The molecular formula is C53H103NO15. The summed E-state index contributed by atoms with van der Waals surface area (Å²) in [5.41, 5.74) is 0. The maximum absolute atomic E-state index is 13.3. The minimum Gasteiger partial charge on any atom is -0.394 e. The number of ether oxygens (including phenoxy) is 4. The van der Waals surface area contributed by atoms with Crippen molar-refractivity contribution >= 4 is 5.91 Å². The van der Waals surface area contributed by atoms with E-state index in [4.69, 9.17) is 18.9 Å². The maximum Gasteiger partial charge on any atom is 0.249 e. The lowest BCUT2D eigenvalue weighted by Gasteiger charge is -2.46. The van der Waals surface area contributed by atoms with Crippen molar-refractivity contribution in [2.45, 2.75) is 312 Å². The minimum atomic E-state index is -1.85. The number of aliphatic hydroxyl groups is 10. The standard InChI is InChI=1S/C53H103NO15/c1-3-5-7-9-11-13-15-17-18-19-20-21-23-25-27-29-31-33-35-41(58)51(65)54-39(44(59)40(57)34-32-30-28-26-24-22-16-14-12-10-8-6-4-2)38-66-52-49(64)47(62)50(43(37-56)68-52)69-53-48(63)46(61)45(60)42(36-55)67-53/h39-50,52-53,55-64H,3-38H2,1-2H3,(H,54,65)/t39-,40+,41?,42+,43+,44-,45-,46-,47+,48+,49+,50+,52+,53-/m0/s1. The fourth-order valence-corrected chi connectivity index (χ4v) is 9.58. The van der Waals surface area contributed by atoms with Crippen LogP contribution in [0, 0.1) is 0 Å². The van der Waals surface area contributed by atoms with Crippen molar-refractivity contribution in [3.8, 4) is 0 Å². The third-order valence-corrected chi connectivity index (χ3v) is 14.3. The van der Waals surface area contributed by atoms with Gasteiger partial charge in [0.05, 0.1) is 32.0 Å². The topological polar surface area (TPSA) is 268 Å². The van der Waals surface area contributed by atoms with E-state index >= 15 is 0 Å². The average Bonchev–Trinajstić information content (AvgIpc) is 3.35. The number of nitrogens with one attached hydrogen (secondary N) is 1. The Kier molecular flexibility index (Phi) is 37.4. The molecule has 0 saturated carbocycles. The van der Waals surface area contributed by atoms with E-state index in [1.54, 1.807) is 0 Å². The number of aliphatic hydroxyl groups excluding tert-OH is 10. The third-order valence-electron chi connectivity index (χ3n) is 14.3. The van der Waals surface area contributed by atoms with E-state index in [1.165, 1.54) is 141 Å². The number of rotatable bonds is 44. The van der Waals surface area contributed by atoms with Gasteiger partial charge in [-0.25, -0.2) is 0 Å². The normalized spacial score (nSPS) is 27.0. The summed E-state index contributed by atoms with van der Waals surface area (Å²) >= 11 is 0. The summed E-state index contributed by atoms with van der Waals surface area (Å²) in [6.07, 6.45) is 16.8. The molecule has 2 aliphatic rings. The Morgan fingerprint density at radius 3 is 1.28 bits per heavy atom. The second kappa shape index (κ2) is 40.3. The zero-order valence-corrected chi connectivity index (χ0v) is 43.1. The lowest BCUT2D eigenvalue weighted by Crippen LogP contribution is -2.65. The van der Waals surface area contributed by atoms with Gasteiger partial charge in [-0.3, -0.25) is 4.79 Å². The molecule has 16 heteroatoms. The molecular weight excluding hydrogens is 891 g/mol. The van der Waals surface area contributed by atoms with Crippen molar-refractivity contribution in [2.24, 2.45) is 0 Å². The summed E-state index contributed by atoms with van der Waals surface area (Å²) in [7, 11) is 0. The van der Waals surface area contributed by atoms with E-state index < -0.39 is 111 Å². The van der Waals surface area contributed by atoms with Gasteiger partial charge in [0.15, 0.2) is 12.6 Å². The molecule has 0 radical (unpaired) electrons. The quantitative estimate of drug-likeness (QED) is 0.0308. The van der Waals surface area contributed by atoms with Gasteiger partial charge in [-0.1, -0.05) is 213 Å². The molecule has 69 heavy (non-hydrogen) atoms. The Balaban J connectivity index is 1.86. The predicted molar refractivity (Wildman–Crippen MR) is 266 cm³/mol. The third kappa shape index (κ3) is 26.6. The number of hydrogen-bond acceptors (Lipinski definition) is 15. The zero-order chi connectivity index (χ0) is 50.7. The second-order valence-electron chi connectivity index (χ2n) is 20.4. The van der Waals surface area contributed by atoms with Crippen molar-refractivity contribution in [3.05, 3.63) is 0 Å². The number of unbranched alkanes of at least 4 members (excludes halogenated alkanes) is 29. The van der Waals surface area contributed by atoms with Gasteiger partial charge in [0.25, 0.3) is 0 Å². The van der Waals surface area contributed by atoms with Crippen LogP contribution >= 0.6 is 0 Å². The first-order chi connectivity index (χ1) is 33.4. The summed E-state index contributed by atoms with van der Waals surface area (Å²) in [6.45, 7) is 2.44. The highest BCUT2D eigenvalue weighted by Gasteiger charge is 2.51. The first-order valence-corrected chi connectivity index (χ1v) is 28.0. The van der Waals surface area contributed by atoms with Crippen LogP contribution in [-0.4, -0.2) is 163 Å². The van der Waals surface area contributed by atoms with Crippen LogP contribution in [0.2, 0.25) is 0 Å². The Labute approximate surface area is 416 Å². The fourth-order valence-electron chi connectivity index (χ4n) is 9.58. The molecule has 0 bridgehead atoms. The number of carbonyl (C=O) groups is 1. The number of amides is 1. The molecule has 1 amide bonds. The average molecular weight is 994 g/mol. The summed E-state index contributed by atoms with van der Waals surface area (Å²) < 4.78 is 22.6. The van der Waals surface area contributed by atoms with Gasteiger partial charge in [-0.2, -0.15) is 0 Å². The smallest absolute Gasteiger partial charge is 0.249 e. The molecule has 410 valence electrons. The molecule has 0 aromatic heterocycles. The first-order valence-electron chi connectivity index (χ1n) is 28.0. The molecule has 0 aromatic rings. The van der Waals surface area contributed by atoms with Crippen molar-refractivity contribution in [2.75, 3.05) is 19.8 Å². The molecule has 0 aliphatic carbocycles. The second-order valence-corrected chi connectivity index (χ2v) is 20.4. The predicted octanol–water partition coefficient (Wildman–Crippen LogP) is 6.11. The van der Waals surface area contributed by atoms with Crippen molar-refractivity contribution in [3.63, 3.8) is 0 Å². The summed E-state index contributed by atoms with van der Waals surface area (Å²) in [5, 5.41) is 109. The van der Waals surface area contributed by atoms with Gasteiger partial charge in [-0.05, 0) is 12.8 Å². The van der Waals surface area contributed by atoms with Crippen LogP contribution < -0.4 is 5.32 Å². The molecule has 14 atom stereocenters. The molecule has 2 rings (SSSR count). The molecule has 1 unspecified atom stereocenters. The first kappa shape index (κ1) is 64.0. The van der Waals surface area contributed by atoms with Crippen molar-refractivity contribution < 1.29 is 74.8 Å². The van der Waals surface area contributed by atoms with E-state index in [2.05, 4.69) is 19.2 Å². The molecule has 11 N–H and O–H groups in total. The Morgan fingerprint density at radius 1 is 0.478 bits per heavy atom. The van der Waals surface area contributed by atoms with Crippen LogP contribution in [0.25, 0.3) is 0 Å². The van der Waals surface area contributed by atoms with E-state index in [0.717, 1.165) is 44.9 Å². The highest BCUT2D eigenvalue weighted by atomic mass is 16.7. The van der Waals surface area contributed by atoms with E-state index in [9.17, 15) is 55.9 Å². The summed E-state index contributed by atoms with van der Waals surface area (Å²) in [4.78, 5) is 13.3. The van der Waals surface area contributed by atoms with Crippen molar-refractivity contribution in [1.29, 1.82) is 0 Å². The van der Waals surface area contributed by atoms with Gasteiger partial charge in [0.1, 0.15) is 61.0 Å². The van der Waals surface area contributed by atoms with Gasteiger partial charge in [0, 0.05) is 0 Å². The van der Waals surface area contributed by atoms with Crippen LogP contribution in [0.1, 0.15) is 226 Å². The largest absolute Gasteiger partial charge is 0.394 e. The zero-order valence-electron chi connectivity index (χ0n) is 43.1. The monoisotopic (exact) mass is 994 g/mol. The Morgan fingerprint density at radius 2 is 0.855 bits per heavy atom. The molecule has 2 fully saturated rings. The van der Waals surface area contributed by atoms with Gasteiger partial charge < -0.3 is 75.3 Å². The van der Waals surface area contributed by atoms with Gasteiger partial charge >= 0.3 is 0 Å². The highest BCUT2D eigenvalue weighted by molar-refractivity contribution is 5.80. The Bertz CT molecular complexity index is 1200. The lowest BCUT2D eigenvalue weighted by molar-refractivity contribution is -0.359. The molecule has 2 heterocycles. The number of hydrogen-bond donors (Lipinski definition) is 11. The van der Waals surface area contributed by atoms with Crippen LogP contribution in [0.4, 0.5) is 0 Å². The summed E-state index contributed by atoms with van der Waals surface area (Å²) in [5.74, 6) is -0.755. The van der Waals surface area contributed by atoms with Crippen molar-refractivity contribution in [1.82, 2.24) is 5.32 Å². The number of carbonyl (C=O) groups excluding carboxylic acids is 1. The molecule has 0 spiro atoms. The van der Waals surface area contributed by atoms with Crippen LogP contribution in [-0.2, 0) is 23.7 Å². The van der Waals surface area contributed by atoms with E-state index in [0.29, 0.717) is 12.8 Å². The molecule has 2 aliphatic heterocycles. The van der Waals surface area contributed by atoms with Gasteiger partial charge in [-0.15, -0.1) is 0 Å². The van der Waals surface area contributed by atoms with Crippen LogP contribution in [0.5, 0.6) is 0 Å². The van der Waals surface area contributed by atoms with Gasteiger partial charge in [0.2, 0.25) is 5.91 Å². The minimum absolute atomic E-state index is 0.209. The lowest BCUT2D eigenvalue weighted by atomic mass is 9.97. The molecule has 0 aromatic carbocycles. The maximum atomic E-state index is 13.3. The highest BCUT2D eigenvalue weighted by Crippen LogP contribution is 2.30. The Hall–Kier alpha value is -1.09. The summed E-state index contributed by atoms with van der Waals surface area (Å²) in [6, 6.07) is -1.27. The van der Waals surface area contributed by atoms with Crippen LogP contribution in [0.3, 0.4) is 0 Å². The van der Waals surface area contributed by atoms with Crippen LogP contribution in [0.15, 0.2) is 0 Å².